The van der Waals surface area contributed by atoms with Crippen molar-refractivity contribution in [3.63, 3.8) is 0 Å². The van der Waals surface area contributed by atoms with Crippen LogP contribution in [0.2, 0.25) is 0 Å². The summed E-state index contributed by atoms with van der Waals surface area (Å²) in [5, 5.41) is 9.88. The van der Waals surface area contributed by atoms with Gasteiger partial charge in [-0.2, -0.15) is 0 Å². The molecule has 0 bridgehead atoms. The average Bonchev–Trinajstić information content (AvgIpc) is 3.16. The third-order valence-electron chi connectivity index (χ3n) is 4.42. The Bertz CT molecular complexity index is 1030. The second kappa shape index (κ2) is 8.76. The summed E-state index contributed by atoms with van der Waals surface area (Å²) in [4.78, 5) is 0. The van der Waals surface area contributed by atoms with E-state index < -0.39 is 0 Å². The molecule has 3 aromatic carbocycles. The summed E-state index contributed by atoms with van der Waals surface area (Å²) in [5.41, 5.74) is 3.49. The van der Waals surface area contributed by atoms with Gasteiger partial charge in [0.2, 0.25) is 0 Å². The molecule has 0 N–H and O–H groups in total. The molecule has 0 aliphatic rings. The largest absolute Gasteiger partial charge is 0.497 e. The molecular weight excluding hydrogens is 366 g/mol. The van der Waals surface area contributed by atoms with Crippen LogP contribution in [0.25, 0.3) is 5.69 Å². The lowest BCUT2D eigenvalue weighted by molar-refractivity contribution is 0.414. The smallest absolute Gasteiger partial charge is 0.196 e. The summed E-state index contributed by atoms with van der Waals surface area (Å²) in [6, 6.07) is 28.8. The number of benzene rings is 3. The maximum absolute atomic E-state index is 5.33. The molecule has 1 heterocycles. The van der Waals surface area contributed by atoms with E-state index in [1.165, 1.54) is 11.1 Å². The van der Waals surface area contributed by atoms with Crippen LogP contribution in [0.1, 0.15) is 17.0 Å². The Labute approximate surface area is 169 Å². The molecule has 28 heavy (non-hydrogen) atoms. The number of aromatic nitrogens is 3. The molecule has 4 aromatic rings. The molecule has 5 heteroatoms. The third kappa shape index (κ3) is 4.26. The van der Waals surface area contributed by atoms with Crippen LogP contribution in [0, 0.1) is 0 Å². The minimum Gasteiger partial charge on any atom is -0.497 e. The number of nitrogens with zero attached hydrogens (tertiary/aromatic N) is 3. The molecule has 0 saturated heterocycles. The molecule has 1 aromatic heterocycles. The Hall–Kier alpha value is -3.05. The lowest BCUT2D eigenvalue weighted by Gasteiger charge is -2.10. The highest BCUT2D eigenvalue weighted by molar-refractivity contribution is 7.98. The van der Waals surface area contributed by atoms with Crippen LogP contribution in [-0.2, 0) is 12.2 Å². The van der Waals surface area contributed by atoms with E-state index in [9.17, 15) is 0 Å². The van der Waals surface area contributed by atoms with Gasteiger partial charge >= 0.3 is 0 Å². The van der Waals surface area contributed by atoms with Crippen molar-refractivity contribution in [3.8, 4) is 11.4 Å². The summed E-state index contributed by atoms with van der Waals surface area (Å²) >= 11 is 1.68. The molecule has 140 valence electrons. The normalized spacial score (nSPS) is 10.8. The van der Waals surface area contributed by atoms with Crippen molar-refractivity contribution in [3.05, 3.63) is 102 Å². The minimum atomic E-state index is 0.739. The zero-order chi connectivity index (χ0) is 19.2. The Morgan fingerprint density at radius 1 is 0.821 bits per heavy atom. The highest BCUT2D eigenvalue weighted by Crippen LogP contribution is 2.27. The average molecular weight is 388 g/mol. The van der Waals surface area contributed by atoms with E-state index in [0.29, 0.717) is 0 Å². The van der Waals surface area contributed by atoms with Crippen LogP contribution in [0.15, 0.2) is 90.1 Å². The van der Waals surface area contributed by atoms with Crippen molar-refractivity contribution in [2.75, 3.05) is 7.11 Å². The second-order valence-corrected chi connectivity index (χ2v) is 7.31. The fraction of sp³-hybridized carbons (Fsp3) is 0.130. The molecular formula is C23H21N3OS. The highest BCUT2D eigenvalue weighted by Gasteiger charge is 2.15. The maximum atomic E-state index is 5.33. The van der Waals surface area contributed by atoms with Gasteiger partial charge in [0.25, 0.3) is 0 Å². The number of hydrogen-bond acceptors (Lipinski definition) is 4. The molecule has 0 unspecified atom stereocenters. The zero-order valence-corrected chi connectivity index (χ0v) is 16.5. The van der Waals surface area contributed by atoms with E-state index in [0.717, 1.165) is 34.6 Å². The van der Waals surface area contributed by atoms with E-state index in [4.69, 9.17) is 4.74 Å². The summed E-state index contributed by atoms with van der Waals surface area (Å²) in [7, 11) is 1.69. The van der Waals surface area contributed by atoms with Crippen molar-refractivity contribution in [1.29, 1.82) is 0 Å². The van der Waals surface area contributed by atoms with Gasteiger partial charge in [0.1, 0.15) is 11.6 Å². The van der Waals surface area contributed by atoms with Crippen LogP contribution in [-0.4, -0.2) is 21.9 Å². The Balaban J connectivity index is 1.63. The van der Waals surface area contributed by atoms with Crippen LogP contribution >= 0.6 is 11.8 Å². The van der Waals surface area contributed by atoms with Crippen molar-refractivity contribution in [2.45, 2.75) is 17.3 Å². The van der Waals surface area contributed by atoms with Gasteiger partial charge in [-0.25, -0.2) is 0 Å². The highest BCUT2D eigenvalue weighted by atomic mass is 32.2. The molecule has 4 rings (SSSR count). The lowest BCUT2D eigenvalue weighted by Crippen LogP contribution is -2.03. The monoisotopic (exact) mass is 387 g/mol. The predicted octanol–water partition coefficient (Wildman–Crippen LogP) is 5.16. The Morgan fingerprint density at radius 2 is 1.54 bits per heavy atom. The Kier molecular flexibility index (Phi) is 5.73. The first-order valence-corrected chi connectivity index (χ1v) is 10.1. The van der Waals surface area contributed by atoms with Gasteiger partial charge in [-0.1, -0.05) is 72.4 Å². The van der Waals surface area contributed by atoms with E-state index in [1.54, 1.807) is 18.9 Å². The topological polar surface area (TPSA) is 39.9 Å². The molecule has 0 amide bonds. The van der Waals surface area contributed by atoms with Gasteiger partial charge in [0, 0.05) is 17.9 Å². The van der Waals surface area contributed by atoms with Gasteiger partial charge < -0.3 is 4.74 Å². The minimum absolute atomic E-state index is 0.739. The number of para-hydroxylation sites is 1. The summed E-state index contributed by atoms with van der Waals surface area (Å²) in [6.07, 6.45) is 0.739. The molecule has 0 radical (unpaired) electrons. The SMILES string of the molecule is COc1cccc(CSc2nnc(Cc3ccccc3)n2-c2ccccc2)c1. The first-order valence-electron chi connectivity index (χ1n) is 9.13. The molecule has 0 fully saturated rings. The van der Waals surface area contributed by atoms with Crippen molar-refractivity contribution in [2.24, 2.45) is 0 Å². The maximum Gasteiger partial charge on any atom is 0.196 e. The Morgan fingerprint density at radius 3 is 2.29 bits per heavy atom. The van der Waals surface area contributed by atoms with Crippen LogP contribution < -0.4 is 4.74 Å². The van der Waals surface area contributed by atoms with E-state index >= 15 is 0 Å². The zero-order valence-electron chi connectivity index (χ0n) is 15.7. The van der Waals surface area contributed by atoms with E-state index in [2.05, 4.69) is 63.3 Å². The molecule has 0 spiro atoms. The standard InChI is InChI=1S/C23H21N3OS/c1-27-21-14-8-11-19(15-21)17-28-23-25-24-22(16-18-9-4-2-5-10-18)26(23)20-12-6-3-7-13-20/h2-15H,16-17H2,1H3. The van der Waals surface area contributed by atoms with Crippen LogP contribution in [0.3, 0.4) is 0 Å². The first kappa shape index (κ1) is 18.3. The van der Waals surface area contributed by atoms with E-state index in [1.807, 2.05) is 36.4 Å². The molecule has 0 saturated carbocycles. The van der Waals surface area contributed by atoms with Crippen LogP contribution in [0.5, 0.6) is 5.75 Å². The summed E-state index contributed by atoms with van der Waals surface area (Å²) in [6.45, 7) is 0. The van der Waals surface area contributed by atoms with Crippen LogP contribution in [0.4, 0.5) is 0 Å². The van der Waals surface area contributed by atoms with Gasteiger partial charge in [-0.05, 0) is 35.4 Å². The predicted molar refractivity (Wildman–Crippen MR) is 113 cm³/mol. The molecule has 0 aliphatic carbocycles. The summed E-state index contributed by atoms with van der Waals surface area (Å²) in [5.74, 6) is 2.60. The number of rotatable bonds is 7. The van der Waals surface area contributed by atoms with Gasteiger partial charge in [0.15, 0.2) is 5.16 Å². The van der Waals surface area contributed by atoms with Crippen molar-refractivity contribution in [1.82, 2.24) is 14.8 Å². The quantitative estimate of drug-likeness (QED) is 0.411. The number of thioether (sulfide) groups is 1. The fourth-order valence-corrected chi connectivity index (χ4v) is 3.95. The van der Waals surface area contributed by atoms with Gasteiger partial charge in [0.05, 0.1) is 7.11 Å². The van der Waals surface area contributed by atoms with E-state index in [-0.39, 0.29) is 0 Å². The number of ether oxygens (including phenoxy) is 1. The lowest BCUT2D eigenvalue weighted by atomic mass is 10.1. The third-order valence-corrected chi connectivity index (χ3v) is 5.42. The molecule has 4 nitrogen and oxygen atoms in total. The summed E-state index contributed by atoms with van der Waals surface area (Å²) < 4.78 is 7.48. The molecule has 0 atom stereocenters. The van der Waals surface area contributed by atoms with Crippen molar-refractivity contribution >= 4 is 11.8 Å². The van der Waals surface area contributed by atoms with Crippen molar-refractivity contribution < 1.29 is 4.74 Å². The van der Waals surface area contributed by atoms with Gasteiger partial charge in [-0.3, -0.25) is 4.57 Å². The fourth-order valence-electron chi connectivity index (χ4n) is 3.03. The number of methoxy groups -OCH3 is 1. The second-order valence-electron chi connectivity index (χ2n) is 6.37. The molecule has 0 aliphatic heterocycles. The first-order chi connectivity index (χ1) is 13.8. The van der Waals surface area contributed by atoms with Gasteiger partial charge in [-0.15, -0.1) is 10.2 Å². The number of hydrogen-bond donors (Lipinski definition) is 0.